The van der Waals surface area contributed by atoms with E-state index < -0.39 is 35.2 Å². The summed E-state index contributed by atoms with van der Waals surface area (Å²) in [5.74, 6) is -1.16. The highest BCUT2D eigenvalue weighted by molar-refractivity contribution is 5.64. The number of nitro benzene ring substituents is 1. The first-order valence-corrected chi connectivity index (χ1v) is 5.39. The van der Waals surface area contributed by atoms with Crippen molar-refractivity contribution in [2.75, 3.05) is 11.4 Å². The molecule has 0 radical (unpaired) electrons. The average Bonchev–Trinajstić information content (AvgIpc) is 2.23. The van der Waals surface area contributed by atoms with Crippen molar-refractivity contribution in [3.63, 3.8) is 0 Å². The molecule has 0 atom stereocenters. The topological polar surface area (TPSA) is 46.4 Å². The Bertz CT molecular complexity index is 474. The maximum atomic E-state index is 13.4. The van der Waals surface area contributed by atoms with Crippen LogP contribution in [0.5, 0.6) is 0 Å². The molecule has 0 aliphatic heterocycles. The van der Waals surface area contributed by atoms with Crippen molar-refractivity contribution in [2.24, 2.45) is 0 Å². The van der Waals surface area contributed by atoms with E-state index in [-0.39, 0.29) is 5.69 Å². The Morgan fingerprint density at radius 1 is 1.37 bits per heavy atom. The lowest BCUT2D eigenvalue weighted by atomic mass is 10.2. The maximum Gasteiger partial charge on any atom is 0.405 e. The number of nitro groups is 1. The third-order valence-corrected chi connectivity index (χ3v) is 2.43. The Morgan fingerprint density at radius 2 is 1.95 bits per heavy atom. The van der Waals surface area contributed by atoms with Gasteiger partial charge >= 0.3 is 11.9 Å². The minimum Gasteiger partial charge on any atom is -0.354 e. The molecule has 0 amide bonds. The van der Waals surface area contributed by atoms with Gasteiger partial charge in [-0.1, -0.05) is 6.07 Å². The second-order valence-corrected chi connectivity index (χ2v) is 4.20. The first-order valence-electron chi connectivity index (χ1n) is 5.39. The number of anilines is 1. The molecule has 0 aliphatic carbocycles. The molecule has 1 rings (SSSR count). The Balaban J connectivity index is 3.31. The number of hydrogen-bond donors (Lipinski definition) is 0. The minimum absolute atomic E-state index is 0.377. The Morgan fingerprint density at radius 3 is 2.37 bits per heavy atom. The summed E-state index contributed by atoms with van der Waals surface area (Å²) >= 11 is 0. The maximum absolute atomic E-state index is 13.4. The first-order chi connectivity index (χ1) is 8.63. The van der Waals surface area contributed by atoms with Crippen molar-refractivity contribution in [3.8, 4) is 0 Å². The summed E-state index contributed by atoms with van der Waals surface area (Å²) in [5, 5.41) is 10.8. The fourth-order valence-electron chi connectivity index (χ4n) is 1.66. The normalized spacial score (nSPS) is 11.7. The van der Waals surface area contributed by atoms with E-state index in [4.69, 9.17) is 0 Å². The molecule has 0 aliphatic rings. The van der Waals surface area contributed by atoms with Crippen molar-refractivity contribution in [1.82, 2.24) is 0 Å². The molecule has 0 N–H and O–H groups in total. The molecule has 0 bridgehead atoms. The van der Waals surface area contributed by atoms with Crippen LogP contribution in [0.3, 0.4) is 0 Å². The highest BCUT2D eigenvalue weighted by Gasteiger charge is 2.35. The van der Waals surface area contributed by atoms with Gasteiger partial charge in [-0.2, -0.15) is 17.6 Å². The lowest BCUT2D eigenvalue weighted by Gasteiger charge is -2.29. The van der Waals surface area contributed by atoms with E-state index in [1.54, 1.807) is 0 Å². The molecule has 1 aromatic carbocycles. The van der Waals surface area contributed by atoms with Gasteiger partial charge in [-0.25, -0.2) is 0 Å². The van der Waals surface area contributed by atoms with Gasteiger partial charge in [0.25, 0.3) is 0 Å². The highest BCUT2D eigenvalue weighted by atomic mass is 19.4. The van der Waals surface area contributed by atoms with Gasteiger partial charge in [0.2, 0.25) is 5.82 Å². The van der Waals surface area contributed by atoms with Gasteiger partial charge in [0, 0.05) is 6.04 Å². The van der Waals surface area contributed by atoms with Crippen LogP contribution in [-0.2, 0) is 0 Å². The van der Waals surface area contributed by atoms with E-state index in [1.165, 1.54) is 13.8 Å². The predicted molar refractivity (Wildman–Crippen MR) is 61.6 cm³/mol. The van der Waals surface area contributed by atoms with Crippen LogP contribution < -0.4 is 4.90 Å². The van der Waals surface area contributed by atoms with Gasteiger partial charge in [-0.3, -0.25) is 10.1 Å². The number of para-hydroxylation sites is 1. The molecular formula is C11H12F4N2O2. The van der Waals surface area contributed by atoms with Crippen LogP contribution in [0.15, 0.2) is 18.2 Å². The number of rotatable bonds is 4. The standard InChI is InChI=1S/C11H12F4N2O2/c1-7(2)16(6-11(13,14)15)9-5-3-4-8(12)10(9)17(18)19/h3-5,7H,6H2,1-2H3. The van der Waals surface area contributed by atoms with E-state index in [1.807, 2.05) is 0 Å². The number of alkyl halides is 3. The van der Waals surface area contributed by atoms with Crippen molar-refractivity contribution in [1.29, 1.82) is 0 Å². The molecule has 0 aromatic heterocycles. The summed E-state index contributed by atoms with van der Waals surface area (Å²) < 4.78 is 50.8. The summed E-state index contributed by atoms with van der Waals surface area (Å²) in [6.45, 7) is 1.51. The van der Waals surface area contributed by atoms with Crippen molar-refractivity contribution in [3.05, 3.63) is 34.1 Å². The van der Waals surface area contributed by atoms with Gasteiger partial charge in [0.15, 0.2) is 0 Å². The molecule has 0 spiro atoms. The fourth-order valence-corrected chi connectivity index (χ4v) is 1.66. The summed E-state index contributed by atoms with van der Waals surface area (Å²) in [4.78, 5) is 10.5. The van der Waals surface area contributed by atoms with Gasteiger partial charge in [-0.05, 0) is 26.0 Å². The zero-order valence-corrected chi connectivity index (χ0v) is 10.2. The second-order valence-electron chi connectivity index (χ2n) is 4.20. The molecule has 0 heterocycles. The van der Waals surface area contributed by atoms with Crippen LogP contribution in [-0.4, -0.2) is 23.7 Å². The Kier molecular flexibility index (Phi) is 4.33. The van der Waals surface area contributed by atoms with Crippen LogP contribution in [0, 0.1) is 15.9 Å². The monoisotopic (exact) mass is 280 g/mol. The lowest BCUT2D eigenvalue weighted by Crippen LogP contribution is -2.39. The van der Waals surface area contributed by atoms with Crippen LogP contribution in [0.25, 0.3) is 0 Å². The summed E-state index contributed by atoms with van der Waals surface area (Å²) in [7, 11) is 0. The molecule has 0 unspecified atom stereocenters. The molecule has 19 heavy (non-hydrogen) atoms. The van der Waals surface area contributed by atoms with E-state index in [9.17, 15) is 27.7 Å². The van der Waals surface area contributed by atoms with Crippen molar-refractivity contribution in [2.45, 2.75) is 26.1 Å². The molecule has 0 fully saturated rings. The van der Waals surface area contributed by atoms with E-state index in [2.05, 4.69) is 0 Å². The second kappa shape index (κ2) is 5.41. The molecule has 1 aromatic rings. The summed E-state index contributed by atoms with van der Waals surface area (Å²) in [5.41, 5.74) is -1.32. The van der Waals surface area contributed by atoms with Crippen LogP contribution in [0.1, 0.15) is 13.8 Å². The number of nitrogens with zero attached hydrogens (tertiary/aromatic N) is 2. The zero-order valence-electron chi connectivity index (χ0n) is 10.2. The van der Waals surface area contributed by atoms with Crippen LogP contribution in [0.4, 0.5) is 28.9 Å². The number of halogens is 4. The fraction of sp³-hybridized carbons (Fsp3) is 0.455. The third-order valence-electron chi connectivity index (χ3n) is 2.43. The third kappa shape index (κ3) is 3.80. The quantitative estimate of drug-likeness (QED) is 0.481. The summed E-state index contributed by atoms with van der Waals surface area (Å²) in [6, 6.07) is 2.42. The molecule has 0 saturated heterocycles. The lowest BCUT2D eigenvalue weighted by molar-refractivity contribution is -0.386. The molecule has 106 valence electrons. The Hall–Kier alpha value is -1.86. The average molecular weight is 280 g/mol. The van der Waals surface area contributed by atoms with E-state index in [0.29, 0.717) is 0 Å². The molecule has 0 saturated carbocycles. The SMILES string of the molecule is CC(C)N(CC(F)(F)F)c1cccc(F)c1[N+](=O)[O-]. The summed E-state index contributed by atoms with van der Waals surface area (Å²) in [6.07, 6.45) is -4.54. The zero-order chi connectivity index (χ0) is 14.8. The van der Waals surface area contributed by atoms with Gasteiger partial charge in [-0.15, -0.1) is 0 Å². The molecule has 8 heteroatoms. The van der Waals surface area contributed by atoms with Gasteiger partial charge < -0.3 is 4.90 Å². The van der Waals surface area contributed by atoms with Crippen molar-refractivity contribution < 1.29 is 22.5 Å². The largest absolute Gasteiger partial charge is 0.405 e. The van der Waals surface area contributed by atoms with Crippen LogP contribution >= 0.6 is 0 Å². The Labute approximate surface area is 106 Å². The number of hydrogen-bond acceptors (Lipinski definition) is 3. The smallest absolute Gasteiger partial charge is 0.354 e. The number of benzene rings is 1. The predicted octanol–water partition coefficient (Wildman–Crippen LogP) is 3.51. The van der Waals surface area contributed by atoms with Gasteiger partial charge in [0.05, 0.1) is 4.92 Å². The van der Waals surface area contributed by atoms with Gasteiger partial charge in [0.1, 0.15) is 12.2 Å². The van der Waals surface area contributed by atoms with E-state index in [0.717, 1.165) is 23.1 Å². The minimum atomic E-state index is -4.54. The van der Waals surface area contributed by atoms with E-state index >= 15 is 0 Å². The van der Waals surface area contributed by atoms with Crippen LogP contribution in [0.2, 0.25) is 0 Å². The molecular weight excluding hydrogens is 268 g/mol. The first kappa shape index (κ1) is 15.2. The van der Waals surface area contributed by atoms with Crippen molar-refractivity contribution >= 4 is 11.4 Å². The molecule has 4 nitrogen and oxygen atoms in total. The highest BCUT2D eigenvalue weighted by Crippen LogP contribution is 2.33.